The zero-order chi connectivity index (χ0) is 14.5. The number of nitro benzene ring substituents is 1. The Morgan fingerprint density at radius 1 is 1.30 bits per heavy atom. The molecule has 0 radical (unpaired) electrons. The molecule has 1 aromatic rings. The molecule has 1 aromatic carbocycles. The Morgan fingerprint density at radius 2 is 2.05 bits per heavy atom. The molecule has 0 heterocycles. The number of hydrogen-bond acceptors (Lipinski definition) is 4. The molecule has 2 N–H and O–H groups in total. The van der Waals surface area contributed by atoms with E-state index in [9.17, 15) is 15.2 Å². The van der Waals surface area contributed by atoms with Crippen LogP contribution in [0.15, 0.2) is 22.7 Å². The van der Waals surface area contributed by atoms with Gasteiger partial charge in [-0.3, -0.25) is 10.1 Å². The number of aliphatic hydroxyl groups excluding tert-OH is 1. The molecule has 0 aromatic heterocycles. The van der Waals surface area contributed by atoms with Crippen LogP contribution in [-0.2, 0) is 6.54 Å². The molecule has 110 valence electrons. The summed E-state index contributed by atoms with van der Waals surface area (Å²) < 4.78 is 0.699. The smallest absolute Gasteiger partial charge is 0.270 e. The molecule has 0 aliphatic heterocycles. The molecule has 1 saturated carbocycles. The molecule has 0 spiro atoms. The third-order valence-corrected chi connectivity index (χ3v) is 4.16. The van der Waals surface area contributed by atoms with Crippen LogP contribution in [0.1, 0.15) is 37.7 Å². The lowest BCUT2D eigenvalue weighted by atomic mass is 10.1. The quantitative estimate of drug-likeness (QED) is 0.500. The van der Waals surface area contributed by atoms with Gasteiger partial charge in [-0.15, -0.1) is 0 Å². The lowest BCUT2D eigenvalue weighted by Crippen LogP contribution is -2.38. The molecular formula is C14H19BrN2O3. The zero-order valence-corrected chi connectivity index (χ0v) is 12.8. The van der Waals surface area contributed by atoms with Gasteiger partial charge in [-0.1, -0.05) is 35.2 Å². The van der Waals surface area contributed by atoms with E-state index in [-0.39, 0.29) is 17.8 Å². The summed E-state index contributed by atoms with van der Waals surface area (Å²) in [5.41, 5.74) is 0.931. The third-order valence-electron chi connectivity index (χ3n) is 3.70. The molecule has 0 saturated heterocycles. The van der Waals surface area contributed by atoms with Gasteiger partial charge in [-0.05, 0) is 24.5 Å². The zero-order valence-electron chi connectivity index (χ0n) is 11.2. The number of hydrogen-bond donors (Lipinski definition) is 2. The van der Waals surface area contributed by atoms with Crippen molar-refractivity contribution >= 4 is 21.6 Å². The molecule has 6 heteroatoms. The SMILES string of the molecule is O=[N+]([O-])c1cc(Br)cc(CNC2CCCCCC2O)c1. The van der Waals surface area contributed by atoms with Crippen molar-refractivity contribution in [3.63, 3.8) is 0 Å². The van der Waals surface area contributed by atoms with Crippen molar-refractivity contribution in [2.75, 3.05) is 0 Å². The van der Waals surface area contributed by atoms with Gasteiger partial charge in [0.15, 0.2) is 0 Å². The number of nitrogens with zero attached hydrogens (tertiary/aromatic N) is 1. The number of benzene rings is 1. The summed E-state index contributed by atoms with van der Waals surface area (Å²) in [7, 11) is 0. The van der Waals surface area contributed by atoms with Gasteiger partial charge in [0.1, 0.15) is 0 Å². The van der Waals surface area contributed by atoms with Crippen LogP contribution >= 0.6 is 15.9 Å². The second-order valence-electron chi connectivity index (χ2n) is 5.27. The summed E-state index contributed by atoms with van der Waals surface area (Å²) in [6.45, 7) is 0.530. The van der Waals surface area contributed by atoms with Crippen LogP contribution in [0.3, 0.4) is 0 Å². The van der Waals surface area contributed by atoms with E-state index in [4.69, 9.17) is 0 Å². The summed E-state index contributed by atoms with van der Waals surface area (Å²) >= 11 is 3.29. The minimum atomic E-state index is -0.394. The summed E-state index contributed by atoms with van der Waals surface area (Å²) in [5.74, 6) is 0. The van der Waals surface area contributed by atoms with E-state index < -0.39 is 4.92 Å². The minimum absolute atomic E-state index is 0.0792. The van der Waals surface area contributed by atoms with E-state index in [1.54, 1.807) is 6.07 Å². The van der Waals surface area contributed by atoms with Crippen molar-refractivity contribution in [2.45, 2.75) is 50.8 Å². The first-order chi connectivity index (χ1) is 9.56. The van der Waals surface area contributed by atoms with Crippen LogP contribution < -0.4 is 5.32 Å². The van der Waals surface area contributed by atoms with Crippen LogP contribution in [0, 0.1) is 10.1 Å². The predicted octanol–water partition coefficient (Wildman–Crippen LogP) is 3.14. The fourth-order valence-corrected chi connectivity index (χ4v) is 3.14. The number of halogens is 1. The maximum Gasteiger partial charge on any atom is 0.270 e. The van der Waals surface area contributed by atoms with Gasteiger partial charge in [0, 0.05) is 29.2 Å². The van der Waals surface area contributed by atoms with Gasteiger partial charge in [-0.25, -0.2) is 0 Å². The molecule has 1 aliphatic carbocycles. The van der Waals surface area contributed by atoms with Crippen molar-refractivity contribution < 1.29 is 10.0 Å². The molecule has 2 rings (SSSR count). The molecule has 0 bridgehead atoms. The highest BCUT2D eigenvalue weighted by atomic mass is 79.9. The monoisotopic (exact) mass is 342 g/mol. The van der Waals surface area contributed by atoms with E-state index in [1.165, 1.54) is 6.07 Å². The molecule has 1 fully saturated rings. The van der Waals surface area contributed by atoms with Crippen molar-refractivity contribution in [1.82, 2.24) is 5.32 Å². The Kier molecular flexibility index (Phi) is 5.51. The van der Waals surface area contributed by atoms with Gasteiger partial charge < -0.3 is 10.4 Å². The fraction of sp³-hybridized carbons (Fsp3) is 0.571. The van der Waals surface area contributed by atoms with E-state index in [0.29, 0.717) is 11.0 Å². The fourth-order valence-electron chi connectivity index (χ4n) is 2.62. The van der Waals surface area contributed by atoms with Gasteiger partial charge in [0.25, 0.3) is 5.69 Å². The van der Waals surface area contributed by atoms with Crippen molar-refractivity contribution in [3.05, 3.63) is 38.3 Å². The van der Waals surface area contributed by atoms with Crippen LogP contribution in [0.2, 0.25) is 0 Å². The van der Waals surface area contributed by atoms with Crippen molar-refractivity contribution in [2.24, 2.45) is 0 Å². The first-order valence-electron chi connectivity index (χ1n) is 6.91. The Hall–Kier alpha value is -0.980. The highest BCUT2D eigenvalue weighted by molar-refractivity contribution is 9.10. The number of aliphatic hydroxyl groups is 1. The second kappa shape index (κ2) is 7.15. The van der Waals surface area contributed by atoms with Crippen LogP contribution in [0.5, 0.6) is 0 Å². The molecule has 20 heavy (non-hydrogen) atoms. The summed E-state index contributed by atoms with van der Waals surface area (Å²) in [6, 6.07) is 5.00. The third kappa shape index (κ3) is 4.26. The van der Waals surface area contributed by atoms with E-state index in [0.717, 1.165) is 37.7 Å². The van der Waals surface area contributed by atoms with Gasteiger partial charge in [0.05, 0.1) is 11.0 Å². The number of nitro groups is 1. The molecule has 5 nitrogen and oxygen atoms in total. The summed E-state index contributed by atoms with van der Waals surface area (Å²) in [5, 5.41) is 24.2. The number of nitrogens with one attached hydrogen (secondary N) is 1. The standard InChI is InChI=1S/C14H19BrN2O3/c15-11-6-10(7-12(8-11)17(19)20)9-16-13-4-2-1-3-5-14(13)18/h6-8,13-14,16,18H,1-5,9H2. The molecule has 2 atom stereocenters. The van der Waals surface area contributed by atoms with Crippen molar-refractivity contribution in [3.8, 4) is 0 Å². The maximum absolute atomic E-state index is 10.8. The molecule has 0 amide bonds. The van der Waals surface area contributed by atoms with E-state index in [2.05, 4.69) is 21.2 Å². The summed E-state index contributed by atoms with van der Waals surface area (Å²) in [6.07, 6.45) is 4.82. The summed E-state index contributed by atoms with van der Waals surface area (Å²) in [4.78, 5) is 10.4. The van der Waals surface area contributed by atoms with Crippen LogP contribution in [0.25, 0.3) is 0 Å². The average molecular weight is 343 g/mol. The second-order valence-corrected chi connectivity index (χ2v) is 6.18. The Labute approximate surface area is 126 Å². The van der Waals surface area contributed by atoms with Gasteiger partial charge in [0.2, 0.25) is 0 Å². The maximum atomic E-state index is 10.8. The first-order valence-corrected chi connectivity index (χ1v) is 7.71. The Morgan fingerprint density at radius 3 is 2.80 bits per heavy atom. The first kappa shape index (κ1) is 15.4. The predicted molar refractivity (Wildman–Crippen MR) is 80.5 cm³/mol. The van der Waals surface area contributed by atoms with E-state index in [1.807, 2.05) is 6.07 Å². The van der Waals surface area contributed by atoms with Gasteiger partial charge >= 0.3 is 0 Å². The van der Waals surface area contributed by atoms with E-state index >= 15 is 0 Å². The Balaban J connectivity index is 2.00. The van der Waals surface area contributed by atoms with Crippen LogP contribution in [-0.4, -0.2) is 22.2 Å². The van der Waals surface area contributed by atoms with Gasteiger partial charge in [-0.2, -0.15) is 0 Å². The van der Waals surface area contributed by atoms with Crippen molar-refractivity contribution in [1.29, 1.82) is 0 Å². The number of rotatable bonds is 4. The Bertz CT molecular complexity index is 481. The largest absolute Gasteiger partial charge is 0.392 e. The highest BCUT2D eigenvalue weighted by Crippen LogP contribution is 2.22. The normalized spacial score (nSPS) is 23.3. The lowest BCUT2D eigenvalue weighted by Gasteiger charge is -2.21. The minimum Gasteiger partial charge on any atom is -0.392 e. The number of non-ortho nitro benzene ring substituents is 1. The van der Waals surface area contributed by atoms with Crippen LogP contribution in [0.4, 0.5) is 5.69 Å². The molecule has 2 unspecified atom stereocenters. The highest BCUT2D eigenvalue weighted by Gasteiger charge is 2.21. The topological polar surface area (TPSA) is 75.4 Å². The lowest BCUT2D eigenvalue weighted by molar-refractivity contribution is -0.385. The average Bonchev–Trinajstić information content (AvgIpc) is 2.60. The molecular weight excluding hydrogens is 324 g/mol. The molecule has 1 aliphatic rings.